The molecule has 0 amide bonds. The lowest BCUT2D eigenvalue weighted by Crippen LogP contribution is -2.43. The fraction of sp³-hybridized carbons (Fsp3) is 0.167. The van der Waals surface area contributed by atoms with E-state index in [9.17, 15) is 0 Å². The van der Waals surface area contributed by atoms with E-state index in [-0.39, 0.29) is 6.17 Å². The van der Waals surface area contributed by atoms with Gasteiger partial charge in [-0.1, -0.05) is 6.08 Å². The third-order valence-electron chi connectivity index (χ3n) is 2.48. The molecule has 1 atom stereocenters. The molecule has 88 valence electrons. The maximum absolute atomic E-state index is 7.89. The number of nitrogens with one attached hydrogen (secondary N) is 3. The lowest BCUT2D eigenvalue weighted by molar-refractivity contribution is 0.725. The van der Waals surface area contributed by atoms with Crippen LogP contribution in [-0.2, 0) is 0 Å². The topological polar surface area (TPSA) is 86.8 Å². The Morgan fingerprint density at radius 1 is 1.47 bits per heavy atom. The van der Waals surface area contributed by atoms with Crippen molar-refractivity contribution in [2.75, 3.05) is 6.54 Å². The van der Waals surface area contributed by atoms with Crippen molar-refractivity contribution >= 4 is 5.84 Å². The zero-order chi connectivity index (χ0) is 12.1. The van der Waals surface area contributed by atoms with Gasteiger partial charge in [-0.05, 0) is 30.0 Å². The van der Waals surface area contributed by atoms with Crippen LogP contribution >= 0.6 is 0 Å². The minimum Gasteiger partial charge on any atom is -0.387 e. The second kappa shape index (κ2) is 5.27. The number of amidine groups is 1. The number of pyridine rings is 1. The van der Waals surface area contributed by atoms with Gasteiger partial charge in [-0.2, -0.15) is 0 Å². The standard InChI is InChI=1S/C12H15N5/c13-11(9-1-5-15-6-2-9)17-12(14)10-3-7-16-8-4-10/h1-7,12,16H,8,14H2,(H2,13,17). The van der Waals surface area contributed by atoms with Gasteiger partial charge in [0.1, 0.15) is 12.0 Å². The van der Waals surface area contributed by atoms with E-state index >= 15 is 0 Å². The van der Waals surface area contributed by atoms with E-state index in [0.717, 1.165) is 17.7 Å². The van der Waals surface area contributed by atoms with Crippen LogP contribution in [0.5, 0.6) is 0 Å². The zero-order valence-electron chi connectivity index (χ0n) is 9.35. The molecule has 17 heavy (non-hydrogen) atoms. The van der Waals surface area contributed by atoms with Crippen molar-refractivity contribution in [2.24, 2.45) is 5.73 Å². The van der Waals surface area contributed by atoms with Crippen LogP contribution in [-0.4, -0.2) is 23.5 Å². The summed E-state index contributed by atoms with van der Waals surface area (Å²) in [7, 11) is 0. The van der Waals surface area contributed by atoms with Gasteiger partial charge in [0.2, 0.25) is 0 Å². The highest BCUT2D eigenvalue weighted by atomic mass is 15.1. The number of hydrogen-bond donors (Lipinski definition) is 4. The molecule has 0 spiro atoms. The van der Waals surface area contributed by atoms with E-state index in [1.807, 2.05) is 18.4 Å². The first-order valence-corrected chi connectivity index (χ1v) is 5.38. The number of nitrogens with two attached hydrogens (primary N) is 1. The van der Waals surface area contributed by atoms with Gasteiger partial charge in [0, 0.05) is 24.5 Å². The van der Waals surface area contributed by atoms with Crippen LogP contribution in [0.1, 0.15) is 5.56 Å². The summed E-state index contributed by atoms with van der Waals surface area (Å²) in [5.74, 6) is 0.299. The first-order chi connectivity index (χ1) is 8.27. The number of rotatable bonds is 3. The van der Waals surface area contributed by atoms with Crippen molar-refractivity contribution in [2.45, 2.75) is 6.17 Å². The van der Waals surface area contributed by atoms with Crippen molar-refractivity contribution in [1.29, 1.82) is 5.41 Å². The highest BCUT2D eigenvalue weighted by Crippen LogP contribution is 2.04. The van der Waals surface area contributed by atoms with E-state index in [4.69, 9.17) is 11.1 Å². The van der Waals surface area contributed by atoms with Crippen molar-refractivity contribution in [3.05, 3.63) is 54.0 Å². The van der Waals surface area contributed by atoms with Crippen molar-refractivity contribution in [3.63, 3.8) is 0 Å². The van der Waals surface area contributed by atoms with Gasteiger partial charge in [-0.3, -0.25) is 10.4 Å². The minimum atomic E-state index is -0.367. The van der Waals surface area contributed by atoms with Crippen molar-refractivity contribution < 1.29 is 0 Å². The van der Waals surface area contributed by atoms with Gasteiger partial charge in [0.25, 0.3) is 0 Å². The van der Waals surface area contributed by atoms with Gasteiger partial charge in [0.05, 0.1) is 0 Å². The predicted octanol–water partition coefficient (Wildman–Crippen LogP) is 0.325. The van der Waals surface area contributed by atoms with E-state index < -0.39 is 0 Å². The molecule has 0 fully saturated rings. The third kappa shape index (κ3) is 2.92. The quantitative estimate of drug-likeness (QED) is 0.341. The molecular weight excluding hydrogens is 214 g/mol. The summed E-state index contributed by atoms with van der Waals surface area (Å²) in [5.41, 5.74) is 7.72. The summed E-state index contributed by atoms with van der Waals surface area (Å²) in [5, 5.41) is 13.9. The molecule has 5 heteroatoms. The van der Waals surface area contributed by atoms with Crippen LogP contribution in [0.25, 0.3) is 0 Å². The summed E-state index contributed by atoms with van der Waals surface area (Å²) in [6, 6.07) is 3.55. The summed E-state index contributed by atoms with van der Waals surface area (Å²) < 4.78 is 0. The Hall–Kier alpha value is -2.14. The normalized spacial score (nSPS) is 15.7. The molecule has 0 aliphatic carbocycles. The van der Waals surface area contributed by atoms with Crippen LogP contribution in [0, 0.1) is 5.41 Å². The van der Waals surface area contributed by atoms with Crippen LogP contribution in [0.2, 0.25) is 0 Å². The molecule has 0 saturated heterocycles. The molecule has 2 rings (SSSR count). The highest BCUT2D eigenvalue weighted by molar-refractivity contribution is 5.96. The fourth-order valence-corrected chi connectivity index (χ4v) is 1.54. The van der Waals surface area contributed by atoms with Crippen LogP contribution < -0.4 is 16.4 Å². The van der Waals surface area contributed by atoms with Crippen LogP contribution in [0.3, 0.4) is 0 Å². The summed E-state index contributed by atoms with van der Waals surface area (Å²) >= 11 is 0. The average molecular weight is 229 g/mol. The number of dihydropyridines is 1. The Morgan fingerprint density at radius 3 is 2.88 bits per heavy atom. The van der Waals surface area contributed by atoms with Gasteiger partial charge in [-0.25, -0.2) is 0 Å². The molecule has 1 aliphatic rings. The molecule has 0 saturated carbocycles. The summed E-state index contributed by atoms with van der Waals surface area (Å²) in [6.07, 6.45) is 8.70. The Bertz CT molecular complexity index is 449. The molecule has 2 heterocycles. The van der Waals surface area contributed by atoms with E-state index in [1.165, 1.54) is 0 Å². The van der Waals surface area contributed by atoms with Gasteiger partial charge < -0.3 is 16.4 Å². The second-order valence-electron chi connectivity index (χ2n) is 3.68. The summed E-state index contributed by atoms with van der Waals surface area (Å²) in [6.45, 7) is 0.768. The monoisotopic (exact) mass is 229 g/mol. The largest absolute Gasteiger partial charge is 0.387 e. The molecule has 1 aromatic heterocycles. The fourth-order valence-electron chi connectivity index (χ4n) is 1.54. The van der Waals surface area contributed by atoms with Crippen LogP contribution in [0.15, 0.2) is 48.5 Å². The maximum Gasteiger partial charge on any atom is 0.127 e. The van der Waals surface area contributed by atoms with E-state index in [1.54, 1.807) is 24.5 Å². The molecule has 1 aromatic rings. The lowest BCUT2D eigenvalue weighted by atomic mass is 10.1. The predicted molar refractivity (Wildman–Crippen MR) is 67.4 cm³/mol. The molecule has 0 radical (unpaired) electrons. The number of aromatic nitrogens is 1. The molecular formula is C12H15N5. The van der Waals surface area contributed by atoms with Gasteiger partial charge in [-0.15, -0.1) is 0 Å². The Labute approximate surface area is 99.9 Å². The maximum atomic E-state index is 7.89. The average Bonchev–Trinajstić information content (AvgIpc) is 2.40. The van der Waals surface area contributed by atoms with Crippen molar-refractivity contribution in [3.8, 4) is 0 Å². The number of nitrogens with zero attached hydrogens (tertiary/aromatic N) is 1. The second-order valence-corrected chi connectivity index (χ2v) is 3.68. The van der Waals surface area contributed by atoms with E-state index in [2.05, 4.69) is 15.6 Å². The Balaban J connectivity index is 1.99. The van der Waals surface area contributed by atoms with E-state index in [0.29, 0.717) is 5.84 Å². The molecule has 1 unspecified atom stereocenters. The first-order valence-electron chi connectivity index (χ1n) is 5.38. The molecule has 1 aliphatic heterocycles. The minimum absolute atomic E-state index is 0.299. The summed E-state index contributed by atoms with van der Waals surface area (Å²) in [4.78, 5) is 3.91. The first kappa shape index (κ1) is 11.3. The molecule has 5 nitrogen and oxygen atoms in total. The molecule has 0 aromatic carbocycles. The SMILES string of the molecule is N=C(NC(N)C1=CCNC=C1)c1ccncc1. The van der Waals surface area contributed by atoms with Gasteiger partial charge in [0.15, 0.2) is 0 Å². The Kier molecular flexibility index (Phi) is 3.52. The third-order valence-corrected chi connectivity index (χ3v) is 2.48. The van der Waals surface area contributed by atoms with Crippen molar-refractivity contribution in [1.82, 2.24) is 15.6 Å². The zero-order valence-corrected chi connectivity index (χ0v) is 9.35. The number of hydrogen-bond acceptors (Lipinski definition) is 4. The highest BCUT2D eigenvalue weighted by Gasteiger charge is 2.10. The Morgan fingerprint density at radius 2 is 2.24 bits per heavy atom. The molecule has 0 bridgehead atoms. The van der Waals surface area contributed by atoms with Gasteiger partial charge >= 0.3 is 0 Å². The lowest BCUT2D eigenvalue weighted by Gasteiger charge is -2.19. The van der Waals surface area contributed by atoms with Crippen LogP contribution in [0.4, 0.5) is 0 Å². The smallest absolute Gasteiger partial charge is 0.127 e. The molecule has 5 N–H and O–H groups in total.